The second-order valence-electron chi connectivity index (χ2n) is 3.65. The van der Waals surface area contributed by atoms with Crippen molar-refractivity contribution in [1.82, 2.24) is 9.97 Å². The van der Waals surface area contributed by atoms with Crippen LogP contribution in [0.4, 0.5) is 4.39 Å². The summed E-state index contributed by atoms with van der Waals surface area (Å²) in [5.41, 5.74) is -0.584. The zero-order valence-corrected chi connectivity index (χ0v) is 11.9. The summed E-state index contributed by atoms with van der Waals surface area (Å²) in [4.78, 5) is 18.7. The van der Waals surface area contributed by atoms with E-state index < -0.39 is 11.4 Å². The van der Waals surface area contributed by atoms with Crippen molar-refractivity contribution in [2.24, 2.45) is 0 Å². The number of benzene rings is 1. The van der Waals surface area contributed by atoms with Gasteiger partial charge in [-0.1, -0.05) is 15.9 Å². The summed E-state index contributed by atoms with van der Waals surface area (Å²) >= 11 is 4.89. The summed E-state index contributed by atoms with van der Waals surface area (Å²) in [7, 11) is 0. The maximum Gasteiger partial charge on any atom is 0.287 e. The Morgan fingerprint density at radius 2 is 2.06 bits per heavy atom. The molecule has 0 aliphatic heterocycles. The van der Waals surface area contributed by atoms with Gasteiger partial charge in [-0.15, -0.1) is 11.8 Å². The monoisotopic (exact) mass is 328 g/mol. The Morgan fingerprint density at radius 3 is 2.67 bits per heavy atom. The van der Waals surface area contributed by atoms with Crippen molar-refractivity contribution in [3.05, 3.63) is 56.4 Å². The Balaban J connectivity index is 2.11. The lowest BCUT2D eigenvalue weighted by atomic mass is 10.4. The summed E-state index contributed by atoms with van der Waals surface area (Å²) in [5.74, 6) is 0.164. The van der Waals surface area contributed by atoms with Gasteiger partial charge in [-0.3, -0.25) is 4.79 Å². The minimum atomic E-state index is -0.813. The van der Waals surface area contributed by atoms with Gasteiger partial charge in [-0.05, 0) is 31.2 Å². The van der Waals surface area contributed by atoms with E-state index in [2.05, 4.69) is 25.9 Å². The Bertz CT molecular complexity index is 612. The van der Waals surface area contributed by atoms with Crippen molar-refractivity contribution in [3.63, 3.8) is 0 Å². The molecule has 0 saturated carbocycles. The molecule has 3 nitrogen and oxygen atoms in total. The number of hydrogen-bond acceptors (Lipinski definition) is 3. The summed E-state index contributed by atoms with van der Waals surface area (Å²) in [6.07, 6.45) is 0. The standard InChI is InChI=1S/C12H10BrFN2OS/c1-7-11(14)12(17)16-10(15-7)6-18-9-4-2-8(13)3-5-9/h2-5H,6H2,1H3,(H,15,16,17). The molecule has 0 spiro atoms. The predicted octanol–water partition coefficient (Wildman–Crippen LogP) is 3.27. The van der Waals surface area contributed by atoms with Crippen LogP contribution in [0, 0.1) is 12.7 Å². The van der Waals surface area contributed by atoms with Crippen LogP contribution in [-0.2, 0) is 5.75 Å². The lowest BCUT2D eigenvalue weighted by molar-refractivity contribution is 0.584. The van der Waals surface area contributed by atoms with Crippen molar-refractivity contribution in [1.29, 1.82) is 0 Å². The predicted molar refractivity (Wildman–Crippen MR) is 73.3 cm³/mol. The number of nitrogens with zero attached hydrogens (tertiary/aromatic N) is 1. The lowest BCUT2D eigenvalue weighted by Crippen LogP contribution is -2.16. The molecular formula is C12H10BrFN2OS. The first-order chi connectivity index (χ1) is 8.56. The van der Waals surface area contributed by atoms with Crippen LogP contribution >= 0.6 is 27.7 Å². The topological polar surface area (TPSA) is 45.8 Å². The highest BCUT2D eigenvalue weighted by atomic mass is 79.9. The Labute approximate surface area is 116 Å². The van der Waals surface area contributed by atoms with Crippen LogP contribution in [-0.4, -0.2) is 9.97 Å². The van der Waals surface area contributed by atoms with Gasteiger partial charge in [0.15, 0.2) is 0 Å². The smallest absolute Gasteiger partial charge is 0.287 e. The summed E-state index contributed by atoms with van der Waals surface area (Å²) in [6.45, 7) is 1.48. The van der Waals surface area contributed by atoms with Gasteiger partial charge in [0.1, 0.15) is 5.82 Å². The van der Waals surface area contributed by atoms with E-state index in [1.807, 2.05) is 24.3 Å². The van der Waals surface area contributed by atoms with E-state index in [1.54, 1.807) is 0 Å². The molecule has 2 aromatic rings. The normalized spacial score (nSPS) is 10.6. The van der Waals surface area contributed by atoms with E-state index in [4.69, 9.17) is 0 Å². The fraction of sp³-hybridized carbons (Fsp3) is 0.167. The minimum Gasteiger partial charge on any atom is -0.307 e. The van der Waals surface area contributed by atoms with Crippen molar-refractivity contribution in [2.75, 3.05) is 0 Å². The van der Waals surface area contributed by atoms with E-state index in [0.717, 1.165) is 9.37 Å². The van der Waals surface area contributed by atoms with Crippen LogP contribution in [0.15, 0.2) is 38.4 Å². The molecule has 0 amide bonds. The second kappa shape index (κ2) is 5.67. The van der Waals surface area contributed by atoms with E-state index >= 15 is 0 Å². The quantitative estimate of drug-likeness (QED) is 0.879. The summed E-state index contributed by atoms with van der Waals surface area (Å²) in [5, 5.41) is 0. The third-order valence-corrected chi connectivity index (χ3v) is 3.82. The maximum atomic E-state index is 13.1. The molecule has 0 unspecified atom stereocenters. The van der Waals surface area contributed by atoms with Crippen LogP contribution in [0.5, 0.6) is 0 Å². The van der Waals surface area contributed by atoms with E-state index in [1.165, 1.54) is 18.7 Å². The molecule has 1 N–H and O–H groups in total. The van der Waals surface area contributed by atoms with Crippen LogP contribution in [0.3, 0.4) is 0 Å². The number of aromatic nitrogens is 2. The molecule has 0 aliphatic rings. The average Bonchev–Trinajstić information content (AvgIpc) is 2.35. The third kappa shape index (κ3) is 3.20. The number of rotatable bonds is 3. The van der Waals surface area contributed by atoms with Crippen LogP contribution in [0.2, 0.25) is 0 Å². The van der Waals surface area contributed by atoms with Gasteiger partial charge in [0.2, 0.25) is 5.82 Å². The largest absolute Gasteiger partial charge is 0.307 e. The van der Waals surface area contributed by atoms with Crippen molar-refractivity contribution < 1.29 is 4.39 Å². The van der Waals surface area contributed by atoms with Crippen molar-refractivity contribution in [2.45, 2.75) is 17.6 Å². The number of nitrogens with one attached hydrogen (secondary N) is 1. The molecule has 1 aromatic heterocycles. The van der Waals surface area contributed by atoms with Crippen molar-refractivity contribution in [3.8, 4) is 0 Å². The maximum absolute atomic E-state index is 13.1. The van der Waals surface area contributed by atoms with Crippen LogP contribution < -0.4 is 5.56 Å². The molecule has 1 aromatic carbocycles. The molecule has 6 heteroatoms. The van der Waals surface area contributed by atoms with Gasteiger partial charge in [0.25, 0.3) is 5.56 Å². The van der Waals surface area contributed by atoms with Gasteiger partial charge in [-0.2, -0.15) is 4.39 Å². The average molecular weight is 329 g/mol. The fourth-order valence-electron chi connectivity index (χ4n) is 1.38. The van der Waals surface area contributed by atoms with Gasteiger partial charge in [0, 0.05) is 9.37 Å². The number of thioether (sulfide) groups is 1. The highest BCUT2D eigenvalue weighted by molar-refractivity contribution is 9.10. The molecule has 18 heavy (non-hydrogen) atoms. The zero-order chi connectivity index (χ0) is 13.1. The molecule has 0 radical (unpaired) electrons. The van der Waals surface area contributed by atoms with E-state index in [9.17, 15) is 9.18 Å². The number of halogens is 2. The first kappa shape index (κ1) is 13.3. The van der Waals surface area contributed by atoms with Crippen molar-refractivity contribution >= 4 is 27.7 Å². The number of aromatic amines is 1. The highest BCUT2D eigenvalue weighted by Crippen LogP contribution is 2.22. The first-order valence-electron chi connectivity index (χ1n) is 5.20. The Hall–Kier alpha value is -1.14. The lowest BCUT2D eigenvalue weighted by Gasteiger charge is -2.03. The molecule has 0 aliphatic carbocycles. The van der Waals surface area contributed by atoms with Gasteiger partial charge >= 0.3 is 0 Å². The van der Waals surface area contributed by atoms with Crippen LogP contribution in [0.1, 0.15) is 11.5 Å². The second-order valence-corrected chi connectivity index (χ2v) is 5.62. The summed E-state index contributed by atoms with van der Waals surface area (Å²) in [6, 6.07) is 7.80. The Morgan fingerprint density at radius 1 is 1.39 bits per heavy atom. The fourth-order valence-corrected chi connectivity index (χ4v) is 2.41. The first-order valence-corrected chi connectivity index (χ1v) is 6.98. The summed E-state index contributed by atoms with van der Waals surface area (Å²) < 4.78 is 14.1. The number of hydrogen-bond donors (Lipinski definition) is 1. The molecule has 2 rings (SSSR count). The third-order valence-electron chi connectivity index (χ3n) is 2.27. The van der Waals surface area contributed by atoms with E-state index in [-0.39, 0.29) is 5.69 Å². The molecule has 0 saturated heterocycles. The van der Waals surface area contributed by atoms with Gasteiger partial charge in [0.05, 0.1) is 11.4 Å². The number of aryl methyl sites for hydroxylation is 1. The zero-order valence-electron chi connectivity index (χ0n) is 9.54. The number of H-pyrrole nitrogens is 1. The molecule has 94 valence electrons. The molecule has 0 fully saturated rings. The molecule has 0 atom stereocenters. The molecule has 1 heterocycles. The highest BCUT2D eigenvalue weighted by Gasteiger charge is 2.07. The van der Waals surface area contributed by atoms with Gasteiger partial charge in [-0.25, -0.2) is 4.98 Å². The minimum absolute atomic E-state index is 0.130. The Kier molecular flexibility index (Phi) is 4.19. The van der Waals surface area contributed by atoms with Crippen LogP contribution in [0.25, 0.3) is 0 Å². The molecule has 0 bridgehead atoms. The van der Waals surface area contributed by atoms with Gasteiger partial charge < -0.3 is 4.98 Å². The van der Waals surface area contributed by atoms with E-state index in [0.29, 0.717) is 11.6 Å². The SMILES string of the molecule is Cc1nc(CSc2ccc(Br)cc2)[nH]c(=O)c1F. The molecular weight excluding hydrogens is 319 g/mol.